The van der Waals surface area contributed by atoms with Gasteiger partial charge in [0.05, 0.1) is 0 Å². The van der Waals surface area contributed by atoms with Gasteiger partial charge in [-0.15, -0.1) is 0 Å². The predicted molar refractivity (Wildman–Crippen MR) is 74.2 cm³/mol. The van der Waals surface area contributed by atoms with Gasteiger partial charge in [-0.2, -0.15) is 0 Å². The first-order valence-corrected chi connectivity index (χ1v) is 7.19. The van der Waals surface area contributed by atoms with E-state index in [1.54, 1.807) is 6.07 Å². The molecule has 0 aromatic heterocycles. The molecule has 1 aliphatic rings. The Kier molecular flexibility index (Phi) is 3.45. The van der Waals surface area contributed by atoms with E-state index in [4.69, 9.17) is 0 Å². The summed E-state index contributed by atoms with van der Waals surface area (Å²) in [5.41, 5.74) is 2.24. The van der Waals surface area contributed by atoms with E-state index in [1.165, 1.54) is 0 Å². The zero-order chi connectivity index (χ0) is 14.3. The van der Waals surface area contributed by atoms with Gasteiger partial charge < -0.3 is 0 Å². The second-order valence-electron chi connectivity index (χ2n) is 5.73. The van der Waals surface area contributed by atoms with E-state index in [1.807, 2.05) is 6.07 Å². The van der Waals surface area contributed by atoms with Gasteiger partial charge in [0.1, 0.15) is 0 Å². The van der Waals surface area contributed by atoms with Crippen molar-refractivity contribution < 1.29 is 13.2 Å². The van der Waals surface area contributed by atoms with Gasteiger partial charge >= 0.3 is 0 Å². The van der Waals surface area contributed by atoms with Crippen molar-refractivity contribution in [3.05, 3.63) is 46.8 Å². The molecule has 1 atom stereocenters. The molecular weight excluding hydrogens is 261 g/mol. The molecule has 0 fully saturated rings. The standard InChI is InChI=1S/C17H17F3/c1-2-3-10-4-5-11-7-13-9-15(18)17(20)16(19)14(13)8-12(11)6-10/h7-10H,2-6H2,1H3. The Morgan fingerprint density at radius 3 is 2.60 bits per heavy atom. The van der Waals surface area contributed by atoms with Crippen LogP contribution in [0, 0.1) is 23.4 Å². The van der Waals surface area contributed by atoms with Crippen LogP contribution in [-0.4, -0.2) is 0 Å². The molecule has 0 radical (unpaired) electrons. The Bertz CT molecular complexity index is 661. The molecule has 2 aromatic carbocycles. The molecule has 0 bridgehead atoms. The first-order valence-electron chi connectivity index (χ1n) is 7.19. The van der Waals surface area contributed by atoms with Gasteiger partial charge in [0, 0.05) is 5.39 Å². The molecule has 2 aromatic rings. The zero-order valence-electron chi connectivity index (χ0n) is 11.5. The third-order valence-electron chi connectivity index (χ3n) is 4.32. The number of hydrogen-bond acceptors (Lipinski definition) is 0. The molecular formula is C17H17F3. The Balaban J connectivity index is 2.10. The van der Waals surface area contributed by atoms with Crippen LogP contribution in [0.3, 0.4) is 0 Å². The summed E-state index contributed by atoms with van der Waals surface area (Å²) in [7, 11) is 0. The zero-order valence-corrected chi connectivity index (χ0v) is 11.5. The Labute approximate surface area is 116 Å². The second-order valence-corrected chi connectivity index (χ2v) is 5.73. The van der Waals surface area contributed by atoms with E-state index in [0.717, 1.165) is 49.3 Å². The number of halogens is 3. The van der Waals surface area contributed by atoms with Gasteiger partial charge in [0.25, 0.3) is 0 Å². The van der Waals surface area contributed by atoms with Gasteiger partial charge in [-0.1, -0.05) is 25.8 Å². The number of benzene rings is 2. The molecule has 0 aliphatic heterocycles. The highest BCUT2D eigenvalue weighted by atomic mass is 19.2. The fourth-order valence-electron chi connectivity index (χ4n) is 3.29. The molecule has 20 heavy (non-hydrogen) atoms. The lowest BCUT2D eigenvalue weighted by atomic mass is 9.81. The van der Waals surface area contributed by atoms with Crippen molar-refractivity contribution in [2.24, 2.45) is 5.92 Å². The topological polar surface area (TPSA) is 0 Å². The first kappa shape index (κ1) is 13.5. The van der Waals surface area contributed by atoms with Crippen LogP contribution in [0.1, 0.15) is 37.3 Å². The van der Waals surface area contributed by atoms with Crippen molar-refractivity contribution in [1.82, 2.24) is 0 Å². The van der Waals surface area contributed by atoms with Crippen molar-refractivity contribution in [2.45, 2.75) is 39.0 Å². The lowest BCUT2D eigenvalue weighted by molar-refractivity contribution is 0.422. The highest BCUT2D eigenvalue weighted by Gasteiger charge is 2.21. The lowest BCUT2D eigenvalue weighted by Crippen LogP contribution is -2.14. The van der Waals surface area contributed by atoms with Crippen LogP contribution in [0.4, 0.5) is 13.2 Å². The Hall–Kier alpha value is -1.51. The largest absolute Gasteiger partial charge is 0.204 e. The number of fused-ring (bicyclic) bond motifs is 2. The minimum absolute atomic E-state index is 0.194. The average molecular weight is 278 g/mol. The summed E-state index contributed by atoms with van der Waals surface area (Å²) in [6.07, 6.45) is 5.28. The summed E-state index contributed by atoms with van der Waals surface area (Å²) in [5, 5.41) is 0.647. The van der Waals surface area contributed by atoms with Gasteiger partial charge in [-0.25, -0.2) is 13.2 Å². The minimum atomic E-state index is -1.38. The van der Waals surface area contributed by atoms with Gasteiger partial charge in [-0.3, -0.25) is 0 Å². The van der Waals surface area contributed by atoms with E-state index < -0.39 is 17.5 Å². The van der Waals surface area contributed by atoms with Crippen molar-refractivity contribution in [2.75, 3.05) is 0 Å². The van der Waals surface area contributed by atoms with Crippen LogP contribution in [-0.2, 0) is 12.8 Å². The van der Waals surface area contributed by atoms with Gasteiger partial charge in [0.2, 0.25) is 0 Å². The maximum absolute atomic E-state index is 13.9. The first-order chi connectivity index (χ1) is 9.60. The van der Waals surface area contributed by atoms with Crippen LogP contribution in [0.5, 0.6) is 0 Å². The predicted octanol–water partition coefficient (Wildman–Crippen LogP) is 5.16. The fraction of sp³-hybridized carbons (Fsp3) is 0.412. The summed E-state index contributed by atoms with van der Waals surface area (Å²) in [6, 6.07) is 4.62. The van der Waals surface area contributed by atoms with E-state index in [9.17, 15) is 13.2 Å². The smallest absolute Gasteiger partial charge is 0.195 e. The summed E-state index contributed by atoms with van der Waals surface area (Å²) in [4.78, 5) is 0. The van der Waals surface area contributed by atoms with Gasteiger partial charge in [0.15, 0.2) is 17.5 Å². The molecule has 0 heterocycles. The van der Waals surface area contributed by atoms with E-state index in [2.05, 4.69) is 6.92 Å². The highest BCUT2D eigenvalue weighted by Crippen LogP contribution is 2.33. The van der Waals surface area contributed by atoms with Crippen LogP contribution >= 0.6 is 0 Å². The van der Waals surface area contributed by atoms with Crippen LogP contribution in [0.15, 0.2) is 18.2 Å². The lowest BCUT2D eigenvalue weighted by Gasteiger charge is -2.25. The molecule has 106 valence electrons. The molecule has 0 N–H and O–H groups in total. The molecule has 1 aliphatic carbocycles. The van der Waals surface area contributed by atoms with E-state index in [0.29, 0.717) is 11.3 Å². The number of aryl methyl sites for hydroxylation is 1. The number of rotatable bonds is 2. The SMILES string of the molecule is CCCC1CCc2cc3cc(F)c(F)c(F)c3cc2C1. The van der Waals surface area contributed by atoms with Crippen LogP contribution < -0.4 is 0 Å². The van der Waals surface area contributed by atoms with Crippen molar-refractivity contribution in [3.63, 3.8) is 0 Å². The molecule has 1 unspecified atom stereocenters. The van der Waals surface area contributed by atoms with Crippen molar-refractivity contribution >= 4 is 10.8 Å². The second kappa shape index (κ2) is 5.12. The fourth-order valence-corrected chi connectivity index (χ4v) is 3.29. The minimum Gasteiger partial charge on any atom is -0.204 e. The molecule has 0 spiro atoms. The van der Waals surface area contributed by atoms with E-state index in [-0.39, 0.29) is 5.39 Å². The van der Waals surface area contributed by atoms with Crippen LogP contribution in [0.2, 0.25) is 0 Å². The van der Waals surface area contributed by atoms with Crippen LogP contribution in [0.25, 0.3) is 10.8 Å². The molecule has 0 amide bonds. The molecule has 0 saturated heterocycles. The maximum atomic E-state index is 13.9. The summed E-state index contributed by atoms with van der Waals surface area (Å²) in [6.45, 7) is 2.16. The monoisotopic (exact) mass is 278 g/mol. The molecule has 3 rings (SSSR count). The van der Waals surface area contributed by atoms with Crippen molar-refractivity contribution in [1.29, 1.82) is 0 Å². The Morgan fingerprint density at radius 2 is 1.85 bits per heavy atom. The molecule has 0 nitrogen and oxygen atoms in total. The summed E-state index contributed by atoms with van der Waals surface area (Å²) >= 11 is 0. The Morgan fingerprint density at radius 1 is 1.05 bits per heavy atom. The quantitative estimate of drug-likeness (QED) is 0.665. The summed E-state index contributed by atoms with van der Waals surface area (Å²) < 4.78 is 40.5. The molecule has 0 saturated carbocycles. The summed E-state index contributed by atoms with van der Waals surface area (Å²) in [5.74, 6) is -2.94. The number of hydrogen-bond donors (Lipinski definition) is 0. The maximum Gasteiger partial charge on any atom is 0.195 e. The van der Waals surface area contributed by atoms with Gasteiger partial charge in [-0.05, 0) is 53.8 Å². The third kappa shape index (κ3) is 2.19. The van der Waals surface area contributed by atoms with Crippen molar-refractivity contribution in [3.8, 4) is 0 Å². The average Bonchev–Trinajstić information content (AvgIpc) is 2.44. The van der Waals surface area contributed by atoms with E-state index >= 15 is 0 Å². The molecule has 3 heteroatoms. The highest BCUT2D eigenvalue weighted by molar-refractivity contribution is 5.85. The third-order valence-corrected chi connectivity index (χ3v) is 4.32. The normalized spacial score (nSPS) is 18.3.